The molecule has 0 aromatic heterocycles. The molecule has 164 valence electrons. The van der Waals surface area contributed by atoms with Crippen LogP contribution in [0.3, 0.4) is 0 Å². The van der Waals surface area contributed by atoms with E-state index in [0.29, 0.717) is 29.3 Å². The highest BCUT2D eigenvalue weighted by molar-refractivity contribution is 6.00. The van der Waals surface area contributed by atoms with Crippen LogP contribution in [0.1, 0.15) is 44.2 Å². The van der Waals surface area contributed by atoms with Crippen molar-refractivity contribution in [3.8, 4) is 11.5 Å². The Morgan fingerprint density at radius 1 is 0.774 bits per heavy atom. The van der Waals surface area contributed by atoms with Gasteiger partial charge in [-0.05, 0) is 44.5 Å². The van der Waals surface area contributed by atoms with Crippen LogP contribution in [0.4, 0.5) is 0 Å². The van der Waals surface area contributed by atoms with Crippen molar-refractivity contribution >= 4 is 23.2 Å². The number of amides is 2. The van der Waals surface area contributed by atoms with Crippen molar-refractivity contribution in [2.75, 3.05) is 14.2 Å². The Hall–Kier alpha value is -3.68. The summed E-state index contributed by atoms with van der Waals surface area (Å²) >= 11 is 0. The SMILES string of the molecule is COc1cccc(C(C)=NNC(=O)CCCC(=O)NN=C(C)c2cccc(OC)c2)c1. The van der Waals surface area contributed by atoms with E-state index in [2.05, 4.69) is 21.1 Å². The van der Waals surface area contributed by atoms with Gasteiger partial charge in [-0.3, -0.25) is 9.59 Å². The fraction of sp³-hybridized carbons (Fsp3) is 0.304. The van der Waals surface area contributed by atoms with Crippen molar-refractivity contribution in [3.05, 3.63) is 59.7 Å². The van der Waals surface area contributed by atoms with E-state index >= 15 is 0 Å². The van der Waals surface area contributed by atoms with Crippen LogP contribution in [0.2, 0.25) is 0 Å². The lowest BCUT2D eigenvalue weighted by Gasteiger charge is -2.06. The number of hydrogen-bond donors (Lipinski definition) is 2. The van der Waals surface area contributed by atoms with Crippen molar-refractivity contribution in [2.45, 2.75) is 33.1 Å². The van der Waals surface area contributed by atoms with Crippen molar-refractivity contribution in [1.82, 2.24) is 10.9 Å². The number of methoxy groups -OCH3 is 2. The first-order chi connectivity index (χ1) is 14.9. The number of ether oxygens (including phenoxy) is 2. The minimum atomic E-state index is -0.258. The van der Waals surface area contributed by atoms with Crippen LogP contribution in [0.15, 0.2) is 58.7 Å². The molecule has 0 unspecified atom stereocenters. The quantitative estimate of drug-likeness (QED) is 0.451. The molecule has 0 spiro atoms. The van der Waals surface area contributed by atoms with Gasteiger partial charge in [0.2, 0.25) is 11.8 Å². The van der Waals surface area contributed by atoms with Crippen LogP contribution in [-0.2, 0) is 9.59 Å². The molecule has 0 bridgehead atoms. The van der Waals surface area contributed by atoms with E-state index in [1.54, 1.807) is 28.1 Å². The molecule has 2 N–H and O–H groups in total. The maximum atomic E-state index is 12.0. The van der Waals surface area contributed by atoms with Gasteiger partial charge in [0, 0.05) is 24.0 Å². The molecule has 0 atom stereocenters. The van der Waals surface area contributed by atoms with Gasteiger partial charge in [-0.25, -0.2) is 10.9 Å². The number of carbonyl (C=O) groups is 2. The fourth-order valence-electron chi connectivity index (χ4n) is 2.64. The zero-order valence-electron chi connectivity index (χ0n) is 18.3. The van der Waals surface area contributed by atoms with E-state index in [0.717, 1.165) is 11.1 Å². The van der Waals surface area contributed by atoms with Crippen LogP contribution in [0, 0.1) is 0 Å². The van der Waals surface area contributed by atoms with E-state index in [-0.39, 0.29) is 24.7 Å². The van der Waals surface area contributed by atoms with E-state index < -0.39 is 0 Å². The molecule has 2 amide bonds. The summed E-state index contributed by atoms with van der Waals surface area (Å²) in [6.07, 6.45) is 0.751. The molecule has 31 heavy (non-hydrogen) atoms. The summed E-state index contributed by atoms with van der Waals surface area (Å²) in [5, 5.41) is 8.21. The number of nitrogens with one attached hydrogen (secondary N) is 2. The summed E-state index contributed by atoms with van der Waals surface area (Å²) in [5.74, 6) is 0.916. The van der Waals surface area contributed by atoms with Crippen molar-refractivity contribution in [2.24, 2.45) is 10.2 Å². The first kappa shape index (κ1) is 23.6. The van der Waals surface area contributed by atoms with E-state index in [1.807, 2.05) is 48.5 Å². The predicted molar refractivity (Wildman–Crippen MR) is 121 cm³/mol. The topological polar surface area (TPSA) is 101 Å². The molecule has 0 aliphatic heterocycles. The summed E-state index contributed by atoms with van der Waals surface area (Å²) < 4.78 is 10.4. The number of hydrazone groups is 2. The molecular weight excluding hydrogens is 396 g/mol. The number of nitrogens with zero attached hydrogens (tertiary/aromatic N) is 2. The number of benzene rings is 2. The average molecular weight is 425 g/mol. The first-order valence-electron chi connectivity index (χ1n) is 9.88. The third kappa shape index (κ3) is 7.93. The molecule has 0 heterocycles. The van der Waals surface area contributed by atoms with Crippen molar-refractivity contribution in [3.63, 3.8) is 0 Å². The van der Waals surface area contributed by atoms with E-state index in [9.17, 15) is 9.59 Å². The molecule has 0 fully saturated rings. The second-order valence-corrected chi connectivity index (χ2v) is 6.78. The number of rotatable bonds is 10. The van der Waals surface area contributed by atoms with Gasteiger partial charge in [0.25, 0.3) is 0 Å². The first-order valence-corrected chi connectivity index (χ1v) is 9.88. The largest absolute Gasteiger partial charge is 0.497 e. The van der Waals surface area contributed by atoms with Gasteiger partial charge >= 0.3 is 0 Å². The minimum Gasteiger partial charge on any atom is -0.497 e. The van der Waals surface area contributed by atoms with Crippen LogP contribution in [0.5, 0.6) is 11.5 Å². The molecule has 0 saturated heterocycles. The molecule has 2 aromatic rings. The Labute approximate surface area is 182 Å². The van der Waals surface area contributed by atoms with Gasteiger partial charge in [-0.2, -0.15) is 10.2 Å². The molecule has 2 aromatic carbocycles. The number of hydrogen-bond acceptors (Lipinski definition) is 6. The van der Waals surface area contributed by atoms with Crippen LogP contribution < -0.4 is 20.3 Å². The molecule has 0 radical (unpaired) electrons. The molecule has 2 rings (SSSR count). The second-order valence-electron chi connectivity index (χ2n) is 6.78. The highest BCUT2D eigenvalue weighted by Crippen LogP contribution is 2.14. The van der Waals surface area contributed by atoms with Gasteiger partial charge in [-0.15, -0.1) is 0 Å². The summed E-state index contributed by atoms with van der Waals surface area (Å²) in [6, 6.07) is 14.8. The second kappa shape index (κ2) is 12.1. The minimum absolute atomic E-state index is 0.181. The number of carbonyl (C=O) groups excluding carboxylic acids is 2. The molecular formula is C23H28N4O4. The summed E-state index contributed by atoms with van der Waals surface area (Å²) in [6.45, 7) is 3.59. The summed E-state index contributed by atoms with van der Waals surface area (Å²) in [5.41, 5.74) is 8.04. The van der Waals surface area contributed by atoms with Crippen molar-refractivity contribution < 1.29 is 19.1 Å². The maximum Gasteiger partial charge on any atom is 0.240 e. The third-order valence-corrected chi connectivity index (χ3v) is 4.48. The zero-order chi connectivity index (χ0) is 22.6. The molecule has 8 heteroatoms. The fourth-order valence-corrected chi connectivity index (χ4v) is 2.64. The van der Waals surface area contributed by atoms with Crippen LogP contribution >= 0.6 is 0 Å². The Bertz CT molecular complexity index is 892. The smallest absolute Gasteiger partial charge is 0.240 e. The van der Waals surface area contributed by atoms with Gasteiger partial charge < -0.3 is 9.47 Å². The van der Waals surface area contributed by atoms with Crippen molar-refractivity contribution in [1.29, 1.82) is 0 Å². The summed E-state index contributed by atoms with van der Waals surface area (Å²) in [4.78, 5) is 24.0. The van der Waals surface area contributed by atoms with E-state index in [4.69, 9.17) is 9.47 Å². The Morgan fingerprint density at radius 3 is 1.58 bits per heavy atom. The molecule has 8 nitrogen and oxygen atoms in total. The van der Waals surface area contributed by atoms with Gasteiger partial charge in [-0.1, -0.05) is 24.3 Å². The lowest BCUT2D eigenvalue weighted by molar-refractivity contribution is -0.122. The Kier molecular flexibility index (Phi) is 9.22. The Balaban J connectivity index is 1.75. The lowest BCUT2D eigenvalue weighted by Crippen LogP contribution is -2.21. The monoisotopic (exact) mass is 424 g/mol. The van der Waals surface area contributed by atoms with E-state index in [1.165, 1.54) is 0 Å². The zero-order valence-corrected chi connectivity index (χ0v) is 18.3. The normalized spacial score (nSPS) is 11.6. The van der Waals surface area contributed by atoms with Crippen LogP contribution in [0.25, 0.3) is 0 Å². The van der Waals surface area contributed by atoms with Crippen LogP contribution in [-0.4, -0.2) is 37.5 Å². The van der Waals surface area contributed by atoms with Gasteiger partial charge in [0.05, 0.1) is 25.6 Å². The molecule has 0 saturated carbocycles. The average Bonchev–Trinajstić information content (AvgIpc) is 2.80. The standard InChI is InChI=1S/C23H28N4O4/c1-16(18-8-5-10-20(14-18)30-3)24-26-22(28)12-7-13-23(29)27-25-17(2)19-9-6-11-21(15-19)31-4/h5-6,8-11,14-15H,7,12-13H2,1-4H3,(H,26,28)(H,27,29). The molecule has 0 aliphatic carbocycles. The highest BCUT2D eigenvalue weighted by atomic mass is 16.5. The lowest BCUT2D eigenvalue weighted by atomic mass is 10.1. The van der Waals surface area contributed by atoms with Gasteiger partial charge in [0.1, 0.15) is 11.5 Å². The Morgan fingerprint density at radius 2 is 1.19 bits per heavy atom. The maximum absolute atomic E-state index is 12.0. The highest BCUT2D eigenvalue weighted by Gasteiger charge is 2.06. The van der Waals surface area contributed by atoms with Gasteiger partial charge in [0.15, 0.2) is 0 Å². The summed E-state index contributed by atoms with van der Waals surface area (Å²) in [7, 11) is 3.18. The molecule has 0 aliphatic rings. The third-order valence-electron chi connectivity index (χ3n) is 4.48. The predicted octanol–water partition coefficient (Wildman–Crippen LogP) is 3.25.